The molecule has 23 aromatic rings. The molecule has 0 saturated carbocycles. The van der Waals surface area contributed by atoms with Gasteiger partial charge in [-0.25, -0.2) is 0 Å². The summed E-state index contributed by atoms with van der Waals surface area (Å²) in [7, 11) is 0. The Labute approximate surface area is 660 Å². The monoisotopic (exact) mass is 1450 g/mol. The lowest BCUT2D eigenvalue weighted by molar-refractivity contribution is 1.18. The molecule has 0 saturated heterocycles. The van der Waals surface area contributed by atoms with E-state index in [-0.39, 0.29) is 0 Å². The van der Waals surface area contributed by atoms with Gasteiger partial charge in [0.2, 0.25) is 0 Å². The Balaban J connectivity index is 0.000000139. The predicted octanol–water partition coefficient (Wildman–Crippen LogP) is 29.7. The lowest BCUT2D eigenvalue weighted by Gasteiger charge is -2.14. The van der Waals surface area contributed by atoms with Crippen LogP contribution in [0.1, 0.15) is 0 Å². The highest BCUT2D eigenvalue weighted by molar-refractivity contribution is 6.15. The molecule has 19 aromatic carbocycles. The van der Waals surface area contributed by atoms with Crippen molar-refractivity contribution >= 4 is 109 Å². The van der Waals surface area contributed by atoms with Crippen LogP contribution < -0.4 is 0 Å². The Kier molecular flexibility index (Phi) is 15.9. The van der Waals surface area contributed by atoms with E-state index < -0.39 is 0 Å². The molecule has 4 nitrogen and oxygen atoms in total. The van der Waals surface area contributed by atoms with Crippen LogP contribution in [0.5, 0.6) is 0 Å². The Bertz CT molecular complexity index is 7360. The van der Waals surface area contributed by atoms with Crippen molar-refractivity contribution in [3.63, 3.8) is 0 Å². The van der Waals surface area contributed by atoms with Crippen molar-refractivity contribution in [1.82, 2.24) is 18.3 Å². The average Bonchev–Trinajstić information content (AvgIpc) is 1.59. The molecule has 4 heteroatoms. The highest BCUT2D eigenvalue weighted by atomic mass is 15.0. The molecule has 4 heterocycles. The van der Waals surface area contributed by atoms with Gasteiger partial charge in [0, 0.05) is 65.8 Å². The van der Waals surface area contributed by atoms with Gasteiger partial charge in [-0.3, -0.25) is 0 Å². The second kappa shape index (κ2) is 27.5. The number of fused-ring (bicyclic) bond motifs is 14. The SMILES string of the molecule is c1ccc(-c2ccc(-n3c4ccccc4c4cc(-c5ccc6c(c5)c5ccccc5n6-c5cc(-c6ccccc6)cc(-c6ccccc6)c5)ccc43)cc2)cc1.c1ccc2c(-c3ccc(-n4c5ccccc5c5cc(-c6ccc7c(c6)c6ccccc6n7-c6ccc(-c7cccc8ccccc78)cc6)ccc54)cc3)cccc2c1. The van der Waals surface area contributed by atoms with Crippen molar-refractivity contribution in [1.29, 1.82) is 0 Å². The molecule has 0 atom stereocenters. The van der Waals surface area contributed by atoms with Crippen molar-refractivity contribution in [2.75, 3.05) is 0 Å². The van der Waals surface area contributed by atoms with Crippen LogP contribution >= 0.6 is 0 Å². The van der Waals surface area contributed by atoms with Gasteiger partial charge >= 0.3 is 0 Å². The van der Waals surface area contributed by atoms with Gasteiger partial charge in [0.25, 0.3) is 0 Å². The summed E-state index contributed by atoms with van der Waals surface area (Å²) in [5.41, 5.74) is 31.2. The molecule has 0 aliphatic heterocycles. The van der Waals surface area contributed by atoms with E-state index in [9.17, 15) is 0 Å². The van der Waals surface area contributed by atoms with Gasteiger partial charge in [0.1, 0.15) is 0 Å². The maximum atomic E-state index is 2.44. The zero-order valence-electron chi connectivity index (χ0n) is 62.4. The summed E-state index contributed by atoms with van der Waals surface area (Å²) >= 11 is 0. The lowest BCUT2D eigenvalue weighted by atomic mass is 9.98. The van der Waals surface area contributed by atoms with Gasteiger partial charge in [-0.2, -0.15) is 0 Å². The number of hydrogen-bond acceptors (Lipinski definition) is 0. The Morgan fingerprint density at radius 1 is 0.114 bits per heavy atom. The van der Waals surface area contributed by atoms with E-state index in [1.54, 1.807) is 0 Å². The van der Waals surface area contributed by atoms with Crippen molar-refractivity contribution in [3.05, 3.63) is 437 Å². The first-order valence-electron chi connectivity index (χ1n) is 39.3. The normalized spacial score (nSPS) is 11.7. The summed E-state index contributed by atoms with van der Waals surface area (Å²) < 4.78 is 9.65. The molecular formula is C110H72N4. The Hall–Kier alpha value is -15.1. The van der Waals surface area contributed by atoms with Crippen molar-refractivity contribution in [2.24, 2.45) is 0 Å². The minimum absolute atomic E-state index is 1.15. The van der Waals surface area contributed by atoms with Crippen molar-refractivity contribution in [2.45, 2.75) is 0 Å². The molecule has 0 unspecified atom stereocenters. The van der Waals surface area contributed by atoms with Gasteiger partial charge in [0.05, 0.1) is 44.1 Å². The Morgan fingerprint density at radius 2 is 0.351 bits per heavy atom. The zero-order valence-corrected chi connectivity index (χ0v) is 62.4. The van der Waals surface area contributed by atoms with E-state index in [1.165, 1.54) is 187 Å². The second-order valence-corrected chi connectivity index (χ2v) is 29.9. The largest absolute Gasteiger partial charge is 0.309 e. The number of hydrogen-bond donors (Lipinski definition) is 0. The fourth-order valence-electron chi connectivity index (χ4n) is 18.0. The van der Waals surface area contributed by atoms with Gasteiger partial charge in [-0.1, -0.05) is 309 Å². The van der Waals surface area contributed by atoms with Gasteiger partial charge in [-0.05, 0) is 227 Å². The van der Waals surface area contributed by atoms with E-state index in [4.69, 9.17) is 0 Å². The first-order chi connectivity index (χ1) is 56.5. The van der Waals surface area contributed by atoms with Crippen LogP contribution in [0.3, 0.4) is 0 Å². The van der Waals surface area contributed by atoms with Crippen LogP contribution in [0.25, 0.3) is 209 Å². The fraction of sp³-hybridized carbons (Fsp3) is 0. The molecule has 0 aliphatic rings. The summed E-state index contributed by atoms with van der Waals surface area (Å²) in [5.74, 6) is 0. The lowest BCUT2D eigenvalue weighted by Crippen LogP contribution is -1.96. The molecule has 0 aliphatic carbocycles. The molecule has 532 valence electrons. The van der Waals surface area contributed by atoms with Crippen LogP contribution in [-0.2, 0) is 0 Å². The van der Waals surface area contributed by atoms with Gasteiger partial charge < -0.3 is 18.3 Å². The minimum Gasteiger partial charge on any atom is -0.309 e. The van der Waals surface area contributed by atoms with E-state index >= 15 is 0 Å². The van der Waals surface area contributed by atoms with Crippen LogP contribution in [0.2, 0.25) is 0 Å². The number of benzene rings is 19. The van der Waals surface area contributed by atoms with E-state index in [0.717, 1.165) is 22.7 Å². The van der Waals surface area contributed by atoms with Crippen LogP contribution in [0.4, 0.5) is 0 Å². The highest BCUT2D eigenvalue weighted by Gasteiger charge is 2.21. The molecule has 4 aromatic heterocycles. The molecular weight excluding hydrogens is 1380 g/mol. The first kappa shape index (κ1) is 65.9. The van der Waals surface area contributed by atoms with Gasteiger partial charge in [0.15, 0.2) is 0 Å². The van der Waals surface area contributed by atoms with Crippen LogP contribution in [0, 0.1) is 0 Å². The third-order valence-electron chi connectivity index (χ3n) is 23.4. The van der Waals surface area contributed by atoms with Crippen molar-refractivity contribution in [3.8, 4) is 101 Å². The smallest absolute Gasteiger partial charge is 0.0541 e. The summed E-state index contributed by atoms with van der Waals surface area (Å²) in [4.78, 5) is 0. The maximum Gasteiger partial charge on any atom is 0.0541 e. The summed E-state index contributed by atoms with van der Waals surface area (Å²) in [6.07, 6.45) is 0. The number of aromatic nitrogens is 4. The second-order valence-electron chi connectivity index (χ2n) is 29.9. The van der Waals surface area contributed by atoms with E-state index in [1.807, 2.05) is 0 Å². The Morgan fingerprint density at radius 3 is 0.684 bits per heavy atom. The molecule has 23 rings (SSSR count). The minimum atomic E-state index is 1.15. The number of rotatable bonds is 11. The first-order valence-corrected chi connectivity index (χ1v) is 39.3. The zero-order chi connectivity index (χ0) is 75.2. The molecule has 0 amide bonds. The highest BCUT2D eigenvalue weighted by Crippen LogP contribution is 2.44. The van der Waals surface area contributed by atoms with Crippen LogP contribution in [0.15, 0.2) is 437 Å². The quantitative estimate of drug-likeness (QED) is 0.123. The van der Waals surface area contributed by atoms with E-state index in [2.05, 4.69) is 455 Å². The summed E-state index contributed by atoms with van der Waals surface area (Å²) in [5, 5.41) is 15.1. The number of para-hydroxylation sites is 4. The van der Waals surface area contributed by atoms with Crippen LogP contribution in [-0.4, -0.2) is 18.3 Å². The third kappa shape index (κ3) is 11.3. The maximum absolute atomic E-state index is 2.44. The summed E-state index contributed by atoms with van der Waals surface area (Å²) in [6, 6.07) is 159. The predicted molar refractivity (Wildman–Crippen MR) is 483 cm³/mol. The average molecular weight is 1450 g/mol. The molecule has 0 N–H and O–H groups in total. The molecule has 0 fully saturated rings. The number of nitrogens with zero attached hydrogens (tertiary/aromatic N) is 4. The molecule has 0 radical (unpaired) electrons. The third-order valence-corrected chi connectivity index (χ3v) is 23.4. The standard InChI is InChI=1S/C56H36N2.C54H36N2/c1-3-15-45-37(11-1)13-9-19-47(45)39-23-29-43(30-24-39)57-53-21-7-5-17-49(53)51-35-41(27-33-55(51)57)42-28-34-56-52(36-42)50-18-6-8-22-54(50)58(56)44-31-25-40(26-32-44)48-20-10-14-38-12-2-4-16-46(38)48;1-4-14-37(15-5-1)40-24-28-45(29-25-40)55-51-22-12-10-20-47(51)49-35-41(26-30-53(49)55)42-27-31-54-50(36-42)48-21-11-13-23-52(48)56(54)46-33-43(38-16-6-2-7-17-38)32-44(34-46)39-18-8-3-9-19-39/h1-36H;1-36H. The van der Waals surface area contributed by atoms with Crippen molar-refractivity contribution < 1.29 is 0 Å². The molecule has 0 spiro atoms. The molecule has 0 bridgehead atoms. The topological polar surface area (TPSA) is 19.7 Å². The van der Waals surface area contributed by atoms with Gasteiger partial charge in [-0.15, -0.1) is 0 Å². The van der Waals surface area contributed by atoms with E-state index in [0.29, 0.717) is 0 Å². The summed E-state index contributed by atoms with van der Waals surface area (Å²) in [6.45, 7) is 0. The molecule has 114 heavy (non-hydrogen) atoms. The fourth-order valence-corrected chi connectivity index (χ4v) is 18.0.